The van der Waals surface area contributed by atoms with Gasteiger partial charge >= 0.3 is 6.36 Å². The van der Waals surface area contributed by atoms with Crippen LogP contribution in [0.5, 0.6) is 11.6 Å². The highest BCUT2D eigenvalue weighted by atomic mass is 127. The lowest BCUT2D eigenvalue weighted by atomic mass is 10.2. The van der Waals surface area contributed by atoms with Crippen LogP contribution in [0.3, 0.4) is 0 Å². The van der Waals surface area contributed by atoms with E-state index < -0.39 is 18.0 Å². The second kappa shape index (κ2) is 4.39. The fourth-order valence-corrected chi connectivity index (χ4v) is 1.46. The first-order valence-corrected chi connectivity index (χ1v) is 4.75. The lowest BCUT2D eigenvalue weighted by Gasteiger charge is -2.11. The van der Waals surface area contributed by atoms with Gasteiger partial charge in [-0.3, -0.25) is 0 Å². The van der Waals surface area contributed by atoms with Gasteiger partial charge in [0, 0.05) is 12.1 Å². The number of aromatic hydroxyl groups is 1. The van der Waals surface area contributed by atoms with Gasteiger partial charge in [0.1, 0.15) is 3.70 Å². The Morgan fingerprint density at radius 3 is 2.60 bits per heavy atom. The molecule has 0 saturated carbocycles. The molecule has 8 heteroatoms. The topological polar surface area (TPSA) is 68.4 Å². The highest BCUT2D eigenvalue weighted by Gasteiger charge is 2.33. The first kappa shape index (κ1) is 12.3. The fourth-order valence-electron chi connectivity index (χ4n) is 0.868. The van der Waals surface area contributed by atoms with Gasteiger partial charge in [0.25, 0.3) is 5.88 Å². The highest BCUT2D eigenvalue weighted by molar-refractivity contribution is 14.1. The summed E-state index contributed by atoms with van der Waals surface area (Å²) in [4.78, 5) is 3.41. The van der Waals surface area contributed by atoms with Gasteiger partial charge in [0.05, 0.1) is 0 Å². The summed E-state index contributed by atoms with van der Waals surface area (Å²) < 4.78 is 39.4. The summed E-state index contributed by atoms with van der Waals surface area (Å²) in [6.07, 6.45) is -4.89. The van der Waals surface area contributed by atoms with E-state index in [-0.39, 0.29) is 15.8 Å². The van der Waals surface area contributed by atoms with E-state index in [0.29, 0.717) is 0 Å². The molecular formula is C7H6F3IN2O2. The van der Waals surface area contributed by atoms with Gasteiger partial charge < -0.3 is 15.6 Å². The first-order chi connectivity index (χ1) is 6.83. The van der Waals surface area contributed by atoms with Gasteiger partial charge in [-0.25, -0.2) is 4.98 Å². The molecule has 0 aliphatic heterocycles. The highest BCUT2D eigenvalue weighted by Crippen LogP contribution is 2.32. The predicted molar refractivity (Wildman–Crippen MR) is 53.2 cm³/mol. The minimum Gasteiger partial charge on any atom is -0.503 e. The summed E-state index contributed by atoms with van der Waals surface area (Å²) in [7, 11) is 0. The third kappa shape index (κ3) is 3.38. The third-order valence-electron chi connectivity index (χ3n) is 1.44. The monoisotopic (exact) mass is 334 g/mol. The minimum absolute atomic E-state index is 0.0986. The third-order valence-corrected chi connectivity index (χ3v) is 1.99. The van der Waals surface area contributed by atoms with Crippen LogP contribution in [0.1, 0.15) is 5.56 Å². The van der Waals surface area contributed by atoms with Gasteiger partial charge in [-0.1, -0.05) is 0 Å². The molecule has 1 heterocycles. The molecule has 0 fully saturated rings. The summed E-state index contributed by atoms with van der Waals surface area (Å²) >= 11 is 1.70. The summed E-state index contributed by atoms with van der Waals surface area (Å²) in [6.45, 7) is -0.0986. The van der Waals surface area contributed by atoms with Crippen LogP contribution < -0.4 is 10.5 Å². The number of alkyl halides is 3. The number of aromatic nitrogens is 1. The molecule has 0 spiro atoms. The molecule has 0 radical (unpaired) electrons. The first-order valence-electron chi connectivity index (χ1n) is 3.67. The molecule has 0 aromatic carbocycles. The Balaban J connectivity index is 3.12. The minimum atomic E-state index is -4.89. The van der Waals surface area contributed by atoms with E-state index in [1.165, 1.54) is 6.07 Å². The Hall–Kier alpha value is -0.770. The van der Waals surface area contributed by atoms with E-state index in [9.17, 15) is 18.3 Å². The normalized spacial score (nSPS) is 11.5. The van der Waals surface area contributed by atoms with E-state index in [0.717, 1.165) is 0 Å². The summed E-state index contributed by atoms with van der Waals surface area (Å²) in [5, 5.41) is 9.31. The summed E-state index contributed by atoms with van der Waals surface area (Å²) in [6, 6.07) is 1.37. The number of hydrogen-bond acceptors (Lipinski definition) is 4. The second-order valence-corrected chi connectivity index (χ2v) is 3.62. The largest absolute Gasteiger partial charge is 0.574 e. The van der Waals surface area contributed by atoms with Gasteiger partial charge in [-0.15, -0.1) is 13.2 Å². The SMILES string of the molecule is NCc1cc(I)nc(OC(F)(F)F)c1O. The maximum Gasteiger partial charge on any atom is 0.574 e. The lowest BCUT2D eigenvalue weighted by molar-refractivity contribution is -0.276. The molecule has 4 nitrogen and oxygen atoms in total. The van der Waals surface area contributed by atoms with Gasteiger partial charge in [-0.05, 0) is 28.7 Å². The number of hydrogen-bond donors (Lipinski definition) is 2. The van der Waals surface area contributed by atoms with Crippen LogP contribution in [0.25, 0.3) is 0 Å². The lowest BCUT2D eigenvalue weighted by Crippen LogP contribution is -2.18. The predicted octanol–water partition coefficient (Wildman–Crippen LogP) is 1.75. The van der Waals surface area contributed by atoms with Crippen LogP contribution >= 0.6 is 22.6 Å². The zero-order valence-electron chi connectivity index (χ0n) is 7.18. The maximum atomic E-state index is 11.9. The molecule has 15 heavy (non-hydrogen) atoms. The average molecular weight is 334 g/mol. The Bertz CT molecular complexity index is 370. The zero-order chi connectivity index (χ0) is 11.6. The van der Waals surface area contributed by atoms with E-state index >= 15 is 0 Å². The number of rotatable bonds is 2. The van der Waals surface area contributed by atoms with E-state index in [4.69, 9.17) is 5.73 Å². The van der Waals surface area contributed by atoms with E-state index in [2.05, 4.69) is 9.72 Å². The molecule has 0 amide bonds. The number of nitrogens with zero attached hydrogens (tertiary/aromatic N) is 1. The Morgan fingerprint density at radius 2 is 2.13 bits per heavy atom. The Labute approximate surface area is 96.4 Å². The molecule has 1 aromatic heterocycles. The van der Waals surface area contributed by atoms with Crippen LogP contribution in [0.15, 0.2) is 6.07 Å². The molecular weight excluding hydrogens is 328 g/mol. The quantitative estimate of drug-likeness (QED) is 0.639. The van der Waals surface area contributed by atoms with Crippen LogP contribution in [0.4, 0.5) is 13.2 Å². The van der Waals surface area contributed by atoms with Crippen molar-refractivity contribution < 1.29 is 23.0 Å². The van der Waals surface area contributed by atoms with Crippen molar-refractivity contribution in [3.05, 3.63) is 15.3 Å². The fraction of sp³-hybridized carbons (Fsp3) is 0.286. The number of pyridine rings is 1. The smallest absolute Gasteiger partial charge is 0.503 e. The van der Waals surface area contributed by atoms with E-state index in [1.54, 1.807) is 22.6 Å². The number of ether oxygens (including phenoxy) is 1. The van der Waals surface area contributed by atoms with Crippen molar-refractivity contribution in [2.45, 2.75) is 12.9 Å². The molecule has 0 saturated heterocycles. The van der Waals surface area contributed by atoms with Crippen molar-refractivity contribution >= 4 is 22.6 Å². The van der Waals surface area contributed by atoms with Crippen molar-refractivity contribution in [3.8, 4) is 11.6 Å². The number of nitrogens with two attached hydrogens (primary N) is 1. The molecule has 0 atom stereocenters. The van der Waals surface area contributed by atoms with Crippen molar-refractivity contribution in [2.24, 2.45) is 5.73 Å². The molecule has 1 aromatic rings. The molecule has 84 valence electrons. The second-order valence-electron chi connectivity index (χ2n) is 2.51. The van der Waals surface area contributed by atoms with Crippen LogP contribution in [0.2, 0.25) is 0 Å². The number of halogens is 4. The molecule has 0 aliphatic rings. The van der Waals surface area contributed by atoms with Gasteiger partial charge in [0.2, 0.25) is 0 Å². The molecule has 0 aliphatic carbocycles. The van der Waals surface area contributed by atoms with Gasteiger partial charge in [0.15, 0.2) is 5.75 Å². The van der Waals surface area contributed by atoms with Crippen molar-refractivity contribution in [2.75, 3.05) is 0 Å². The molecule has 0 bridgehead atoms. The van der Waals surface area contributed by atoms with Crippen molar-refractivity contribution in [1.29, 1.82) is 0 Å². The van der Waals surface area contributed by atoms with E-state index in [1.807, 2.05) is 0 Å². The average Bonchev–Trinajstić information content (AvgIpc) is 2.08. The summed E-state index contributed by atoms with van der Waals surface area (Å²) in [5.74, 6) is -1.56. The zero-order valence-corrected chi connectivity index (χ0v) is 9.33. The standard InChI is InChI=1S/C7H6F3IN2O2/c8-7(9,10)15-6-5(14)3(2-12)1-4(11)13-6/h1,14H,2,12H2. The van der Waals surface area contributed by atoms with Crippen LogP contribution in [-0.4, -0.2) is 16.5 Å². The molecule has 3 N–H and O–H groups in total. The Morgan fingerprint density at radius 1 is 1.53 bits per heavy atom. The maximum absolute atomic E-state index is 11.9. The molecule has 1 rings (SSSR count). The van der Waals surface area contributed by atoms with Crippen LogP contribution in [0, 0.1) is 3.70 Å². The van der Waals surface area contributed by atoms with Crippen LogP contribution in [-0.2, 0) is 6.54 Å². The Kier molecular flexibility index (Phi) is 3.60. The molecule has 0 unspecified atom stereocenters. The van der Waals surface area contributed by atoms with Crippen molar-refractivity contribution in [1.82, 2.24) is 4.98 Å². The van der Waals surface area contributed by atoms with Crippen molar-refractivity contribution in [3.63, 3.8) is 0 Å². The van der Waals surface area contributed by atoms with Gasteiger partial charge in [-0.2, -0.15) is 0 Å². The summed E-state index contributed by atoms with van der Waals surface area (Å²) in [5.41, 5.74) is 5.37.